The average Bonchev–Trinajstić information content (AvgIpc) is 2.96. The van der Waals surface area contributed by atoms with Gasteiger partial charge in [-0.25, -0.2) is 4.79 Å². The highest BCUT2D eigenvalue weighted by atomic mass is 16.5. The molecule has 1 aromatic rings. The zero-order chi connectivity index (χ0) is 20.1. The van der Waals surface area contributed by atoms with Crippen molar-refractivity contribution in [3.05, 3.63) is 29.8 Å². The molecule has 28 heavy (non-hydrogen) atoms. The van der Waals surface area contributed by atoms with Crippen molar-refractivity contribution in [3.8, 4) is 5.75 Å². The van der Waals surface area contributed by atoms with Gasteiger partial charge in [-0.3, -0.25) is 14.5 Å². The van der Waals surface area contributed by atoms with E-state index in [4.69, 9.17) is 4.74 Å². The van der Waals surface area contributed by atoms with Gasteiger partial charge >= 0.3 is 6.03 Å². The van der Waals surface area contributed by atoms with Crippen molar-refractivity contribution in [1.29, 1.82) is 0 Å². The number of hydrogen-bond donors (Lipinski definition) is 2. The van der Waals surface area contributed by atoms with Gasteiger partial charge in [0.25, 0.3) is 5.91 Å². The molecule has 1 saturated heterocycles. The van der Waals surface area contributed by atoms with Crippen LogP contribution in [0.3, 0.4) is 0 Å². The number of nitrogens with zero attached hydrogens (tertiary/aromatic N) is 1. The summed E-state index contributed by atoms with van der Waals surface area (Å²) in [6, 6.07) is 6.41. The molecule has 2 fully saturated rings. The van der Waals surface area contributed by atoms with Crippen LogP contribution in [0.15, 0.2) is 24.3 Å². The second kappa shape index (κ2) is 9.08. The van der Waals surface area contributed by atoms with E-state index >= 15 is 0 Å². The molecule has 2 aliphatic rings. The van der Waals surface area contributed by atoms with Gasteiger partial charge in [-0.15, -0.1) is 0 Å². The first-order valence-corrected chi connectivity index (χ1v) is 10.0. The lowest BCUT2D eigenvalue weighted by molar-refractivity contribution is -0.128. The van der Waals surface area contributed by atoms with Crippen LogP contribution in [0.2, 0.25) is 0 Å². The third kappa shape index (κ3) is 4.82. The second-order valence-corrected chi connectivity index (χ2v) is 7.75. The molecule has 1 heterocycles. The molecule has 0 aromatic heterocycles. The van der Waals surface area contributed by atoms with E-state index in [9.17, 15) is 14.4 Å². The number of hydrogen-bond acceptors (Lipinski definition) is 4. The van der Waals surface area contributed by atoms with Crippen LogP contribution in [-0.2, 0) is 16.1 Å². The number of methoxy groups -OCH3 is 1. The Morgan fingerprint density at radius 2 is 1.93 bits per heavy atom. The van der Waals surface area contributed by atoms with Crippen LogP contribution >= 0.6 is 0 Å². The summed E-state index contributed by atoms with van der Waals surface area (Å²) in [5, 5.41) is 5.79. The fourth-order valence-corrected chi connectivity index (χ4v) is 3.92. The minimum atomic E-state index is -0.639. The first kappa shape index (κ1) is 20.2. The monoisotopic (exact) mass is 387 g/mol. The van der Waals surface area contributed by atoms with Crippen molar-refractivity contribution in [1.82, 2.24) is 15.5 Å². The maximum absolute atomic E-state index is 12.6. The molecule has 2 N–H and O–H groups in total. The van der Waals surface area contributed by atoms with Gasteiger partial charge in [-0.2, -0.15) is 0 Å². The summed E-state index contributed by atoms with van der Waals surface area (Å²) in [6.45, 7) is 2.37. The number of imide groups is 1. The normalized spacial score (nSPS) is 24.8. The van der Waals surface area contributed by atoms with Gasteiger partial charge in [0.1, 0.15) is 11.8 Å². The molecule has 152 valence electrons. The molecule has 1 aliphatic heterocycles. The summed E-state index contributed by atoms with van der Waals surface area (Å²) in [7, 11) is 1.59. The molecule has 1 saturated carbocycles. The van der Waals surface area contributed by atoms with E-state index in [0.717, 1.165) is 30.6 Å². The van der Waals surface area contributed by atoms with Gasteiger partial charge in [0.05, 0.1) is 13.7 Å². The first-order valence-electron chi connectivity index (χ1n) is 10.0. The number of rotatable bonds is 7. The van der Waals surface area contributed by atoms with Crippen LogP contribution in [0.5, 0.6) is 5.75 Å². The highest BCUT2D eigenvalue weighted by molar-refractivity contribution is 6.04. The van der Waals surface area contributed by atoms with Crippen LogP contribution in [0.4, 0.5) is 4.79 Å². The largest absolute Gasteiger partial charge is 0.497 e. The van der Waals surface area contributed by atoms with Crippen LogP contribution in [0, 0.1) is 5.92 Å². The van der Waals surface area contributed by atoms with Crippen molar-refractivity contribution in [3.63, 3.8) is 0 Å². The Kier molecular flexibility index (Phi) is 6.54. The third-order valence-corrected chi connectivity index (χ3v) is 5.72. The lowest BCUT2D eigenvalue weighted by Crippen LogP contribution is -2.41. The molecule has 4 amide bonds. The van der Waals surface area contributed by atoms with Gasteiger partial charge in [-0.05, 0) is 42.9 Å². The molecule has 0 bridgehead atoms. The summed E-state index contributed by atoms with van der Waals surface area (Å²) >= 11 is 0. The molecule has 3 rings (SSSR count). The number of carbonyl (C=O) groups is 3. The number of urea groups is 1. The summed E-state index contributed by atoms with van der Waals surface area (Å²) in [5.74, 6) is 0.886. The van der Waals surface area contributed by atoms with Gasteiger partial charge in [0.2, 0.25) is 5.91 Å². The smallest absolute Gasteiger partial charge is 0.325 e. The predicted octanol–water partition coefficient (Wildman–Crippen LogP) is 2.59. The van der Waals surface area contributed by atoms with Crippen molar-refractivity contribution < 1.29 is 19.1 Å². The highest BCUT2D eigenvalue weighted by Gasteiger charge is 2.38. The van der Waals surface area contributed by atoms with Crippen LogP contribution in [0.1, 0.15) is 51.0 Å². The summed E-state index contributed by atoms with van der Waals surface area (Å²) in [6.07, 6.45) is 5.07. The zero-order valence-electron chi connectivity index (χ0n) is 16.6. The van der Waals surface area contributed by atoms with Gasteiger partial charge in [0, 0.05) is 12.5 Å². The Morgan fingerprint density at radius 1 is 1.21 bits per heavy atom. The van der Waals surface area contributed by atoms with Gasteiger partial charge in [-0.1, -0.05) is 31.9 Å². The maximum atomic E-state index is 12.6. The van der Waals surface area contributed by atoms with Crippen LogP contribution in [-0.4, -0.2) is 41.9 Å². The van der Waals surface area contributed by atoms with E-state index in [2.05, 4.69) is 17.6 Å². The Morgan fingerprint density at radius 3 is 2.61 bits per heavy atom. The van der Waals surface area contributed by atoms with Crippen molar-refractivity contribution in [2.45, 2.75) is 64.1 Å². The fraction of sp³-hybridized carbons (Fsp3) is 0.571. The first-order chi connectivity index (χ1) is 13.5. The van der Waals surface area contributed by atoms with E-state index in [1.54, 1.807) is 19.2 Å². The Bertz CT molecular complexity index is 719. The van der Waals surface area contributed by atoms with E-state index in [-0.39, 0.29) is 30.8 Å². The number of carbonyl (C=O) groups excluding carboxylic acids is 3. The van der Waals surface area contributed by atoms with Gasteiger partial charge in [0.15, 0.2) is 0 Å². The third-order valence-electron chi connectivity index (χ3n) is 5.72. The molecule has 0 spiro atoms. The Balaban J connectivity index is 1.49. The number of nitrogens with one attached hydrogen (secondary N) is 2. The molecule has 7 heteroatoms. The zero-order valence-corrected chi connectivity index (χ0v) is 16.6. The molecular weight excluding hydrogens is 358 g/mol. The van der Waals surface area contributed by atoms with E-state index in [1.165, 1.54) is 11.3 Å². The number of amides is 4. The Hall–Kier alpha value is -2.57. The van der Waals surface area contributed by atoms with E-state index in [0.29, 0.717) is 12.3 Å². The number of benzene rings is 1. The quantitative estimate of drug-likeness (QED) is 0.704. The Labute approximate surface area is 165 Å². The lowest BCUT2D eigenvalue weighted by atomic mass is 9.86. The molecule has 1 aliphatic carbocycles. The minimum absolute atomic E-state index is 0.0468. The maximum Gasteiger partial charge on any atom is 0.325 e. The van der Waals surface area contributed by atoms with Crippen LogP contribution in [0.25, 0.3) is 0 Å². The van der Waals surface area contributed by atoms with E-state index < -0.39 is 12.1 Å². The summed E-state index contributed by atoms with van der Waals surface area (Å²) in [5.41, 5.74) is 0.842. The average molecular weight is 387 g/mol. The molecule has 3 atom stereocenters. The van der Waals surface area contributed by atoms with Crippen molar-refractivity contribution in [2.75, 3.05) is 7.11 Å². The molecule has 0 radical (unpaired) electrons. The topological polar surface area (TPSA) is 87.7 Å². The standard InChI is InChI=1S/C21H29N3O4/c1-14-5-3-4-6-17(14)22-19(25)12-11-18-20(26)24(21(27)23-18)13-15-7-9-16(28-2)10-8-15/h7-10,14,17-18H,3-6,11-13H2,1-2H3,(H,22,25)(H,23,27). The second-order valence-electron chi connectivity index (χ2n) is 7.75. The van der Waals surface area contributed by atoms with Crippen LogP contribution < -0.4 is 15.4 Å². The summed E-state index contributed by atoms with van der Waals surface area (Å²) < 4.78 is 5.12. The summed E-state index contributed by atoms with van der Waals surface area (Å²) in [4.78, 5) is 38.3. The highest BCUT2D eigenvalue weighted by Crippen LogP contribution is 2.24. The van der Waals surface area contributed by atoms with Gasteiger partial charge < -0.3 is 15.4 Å². The molecule has 3 unspecified atom stereocenters. The number of ether oxygens (including phenoxy) is 1. The van der Waals surface area contributed by atoms with Crippen molar-refractivity contribution in [2.24, 2.45) is 5.92 Å². The van der Waals surface area contributed by atoms with E-state index in [1.807, 2.05) is 12.1 Å². The minimum Gasteiger partial charge on any atom is -0.497 e. The SMILES string of the molecule is COc1ccc(CN2C(=O)NC(CCC(=O)NC3CCCCC3C)C2=O)cc1. The molecule has 7 nitrogen and oxygen atoms in total. The fourth-order valence-electron chi connectivity index (χ4n) is 3.92. The predicted molar refractivity (Wildman–Crippen MR) is 105 cm³/mol. The molecular formula is C21H29N3O4. The lowest BCUT2D eigenvalue weighted by Gasteiger charge is -2.29. The molecule has 1 aromatic carbocycles. The van der Waals surface area contributed by atoms with Crippen molar-refractivity contribution >= 4 is 17.8 Å².